The van der Waals surface area contributed by atoms with Gasteiger partial charge in [-0.1, -0.05) is 0 Å². The Morgan fingerprint density at radius 3 is 2.57 bits per heavy atom. The minimum atomic E-state index is -3.24. The summed E-state index contributed by atoms with van der Waals surface area (Å²) in [4.78, 5) is 0. The van der Waals surface area contributed by atoms with Gasteiger partial charge >= 0.3 is 0 Å². The van der Waals surface area contributed by atoms with Gasteiger partial charge in [0.2, 0.25) is 0 Å². The van der Waals surface area contributed by atoms with Crippen molar-refractivity contribution in [2.45, 2.75) is 19.3 Å². The summed E-state index contributed by atoms with van der Waals surface area (Å²) in [5, 5.41) is 3.28. The molecule has 3 N–H and O–H groups in total. The summed E-state index contributed by atoms with van der Waals surface area (Å²) in [6.07, 6.45) is 3.24. The Labute approximate surface area is 85.8 Å². The Morgan fingerprint density at radius 2 is 2.00 bits per heavy atom. The van der Waals surface area contributed by atoms with Crippen LogP contribution in [0.15, 0.2) is 0 Å². The van der Waals surface area contributed by atoms with Crippen molar-refractivity contribution >= 4 is 10.2 Å². The first-order chi connectivity index (χ1) is 6.64. The molecule has 1 saturated heterocycles. The molecule has 0 saturated carbocycles. The van der Waals surface area contributed by atoms with E-state index in [-0.39, 0.29) is 0 Å². The first kappa shape index (κ1) is 11.9. The summed E-state index contributed by atoms with van der Waals surface area (Å²) >= 11 is 0. The van der Waals surface area contributed by atoms with Gasteiger partial charge in [-0.15, -0.1) is 0 Å². The standard InChI is InChI=1S/C8H19N3O2S/c1-9-14(12,13)11-7-4-8-2-5-10-6-3-8/h8-11H,2-7H2,1H3. The molecular weight excluding hydrogens is 202 g/mol. The molecule has 0 aromatic heterocycles. The molecule has 0 aliphatic carbocycles. The normalized spacial score (nSPS) is 19.8. The van der Waals surface area contributed by atoms with Gasteiger partial charge in [0.15, 0.2) is 0 Å². The van der Waals surface area contributed by atoms with E-state index in [1.54, 1.807) is 0 Å². The monoisotopic (exact) mass is 221 g/mol. The summed E-state index contributed by atoms with van der Waals surface area (Å²) in [5.41, 5.74) is 0. The fourth-order valence-corrected chi connectivity index (χ4v) is 2.17. The molecule has 0 amide bonds. The number of nitrogens with one attached hydrogen (secondary N) is 3. The van der Waals surface area contributed by atoms with E-state index in [9.17, 15) is 8.42 Å². The highest BCUT2D eigenvalue weighted by Gasteiger charge is 2.13. The van der Waals surface area contributed by atoms with Crippen molar-refractivity contribution in [3.05, 3.63) is 0 Å². The molecule has 0 atom stereocenters. The number of hydrogen-bond acceptors (Lipinski definition) is 3. The Bertz CT molecular complexity index is 247. The number of hydrogen-bond donors (Lipinski definition) is 3. The fourth-order valence-electron chi connectivity index (χ4n) is 1.64. The van der Waals surface area contributed by atoms with Crippen molar-refractivity contribution < 1.29 is 8.42 Å². The minimum Gasteiger partial charge on any atom is -0.317 e. The van der Waals surface area contributed by atoms with Crippen LogP contribution in [0, 0.1) is 5.92 Å². The second-order valence-corrected chi connectivity index (χ2v) is 5.29. The summed E-state index contributed by atoms with van der Waals surface area (Å²) in [7, 11) is -1.83. The molecule has 6 heteroatoms. The van der Waals surface area contributed by atoms with Crippen LogP contribution in [0.1, 0.15) is 19.3 Å². The zero-order chi connectivity index (χ0) is 10.4. The molecule has 0 aromatic rings. The molecule has 5 nitrogen and oxygen atoms in total. The van der Waals surface area contributed by atoms with Gasteiger partial charge in [0, 0.05) is 13.6 Å². The molecule has 0 radical (unpaired) electrons. The summed E-state index contributed by atoms with van der Waals surface area (Å²) in [6, 6.07) is 0. The van der Waals surface area contributed by atoms with Gasteiger partial charge in [0.25, 0.3) is 10.2 Å². The van der Waals surface area contributed by atoms with Crippen molar-refractivity contribution in [1.82, 2.24) is 14.8 Å². The molecule has 1 aliphatic rings. The van der Waals surface area contributed by atoms with Crippen LogP contribution in [0.2, 0.25) is 0 Å². The fraction of sp³-hybridized carbons (Fsp3) is 1.00. The van der Waals surface area contributed by atoms with Crippen molar-refractivity contribution in [2.75, 3.05) is 26.7 Å². The maximum atomic E-state index is 11.0. The molecule has 0 bridgehead atoms. The van der Waals surface area contributed by atoms with Crippen molar-refractivity contribution in [3.63, 3.8) is 0 Å². The molecule has 84 valence electrons. The van der Waals surface area contributed by atoms with Crippen LogP contribution in [0.4, 0.5) is 0 Å². The molecule has 14 heavy (non-hydrogen) atoms. The average Bonchev–Trinajstić information content (AvgIpc) is 2.19. The number of piperidine rings is 1. The van der Waals surface area contributed by atoms with Crippen LogP contribution in [0.3, 0.4) is 0 Å². The van der Waals surface area contributed by atoms with E-state index in [1.807, 2.05) is 0 Å². The van der Waals surface area contributed by atoms with E-state index in [0.29, 0.717) is 12.5 Å². The SMILES string of the molecule is CNS(=O)(=O)NCCC1CCNCC1. The quantitative estimate of drug-likeness (QED) is 0.582. The third kappa shape index (κ3) is 4.36. The zero-order valence-electron chi connectivity index (χ0n) is 8.54. The van der Waals surface area contributed by atoms with Crippen molar-refractivity contribution in [3.8, 4) is 0 Å². The van der Waals surface area contributed by atoms with Crippen LogP contribution in [0.5, 0.6) is 0 Å². The lowest BCUT2D eigenvalue weighted by Gasteiger charge is -2.22. The highest BCUT2D eigenvalue weighted by Crippen LogP contribution is 2.14. The maximum absolute atomic E-state index is 11.0. The van der Waals surface area contributed by atoms with Crippen LogP contribution >= 0.6 is 0 Å². The first-order valence-electron chi connectivity index (χ1n) is 5.03. The third-order valence-corrected chi connectivity index (χ3v) is 3.69. The van der Waals surface area contributed by atoms with E-state index in [0.717, 1.165) is 32.4 Å². The van der Waals surface area contributed by atoms with Gasteiger partial charge in [0.1, 0.15) is 0 Å². The van der Waals surface area contributed by atoms with Gasteiger partial charge in [0.05, 0.1) is 0 Å². The van der Waals surface area contributed by atoms with Gasteiger partial charge in [-0.25, -0.2) is 9.44 Å². The van der Waals surface area contributed by atoms with E-state index in [4.69, 9.17) is 0 Å². The van der Waals surface area contributed by atoms with Crippen LogP contribution in [0.25, 0.3) is 0 Å². The van der Waals surface area contributed by atoms with Gasteiger partial charge in [-0.2, -0.15) is 8.42 Å². The third-order valence-electron chi connectivity index (χ3n) is 2.57. The highest BCUT2D eigenvalue weighted by atomic mass is 32.2. The van der Waals surface area contributed by atoms with Crippen molar-refractivity contribution in [1.29, 1.82) is 0 Å². The van der Waals surface area contributed by atoms with E-state index < -0.39 is 10.2 Å². The zero-order valence-corrected chi connectivity index (χ0v) is 9.36. The first-order valence-corrected chi connectivity index (χ1v) is 6.51. The Hall–Kier alpha value is -0.170. The van der Waals surface area contributed by atoms with Crippen LogP contribution in [-0.4, -0.2) is 35.1 Å². The molecule has 1 aliphatic heterocycles. The van der Waals surface area contributed by atoms with E-state index >= 15 is 0 Å². The van der Waals surface area contributed by atoms with Crippen LogP contribution in [-0.2, 0) is 10.2 Å². The van der Waals surface area contributed by atoms with Gasteiger partial charge in [-0.05, 0) is 38.3 Å². The van der Waals surface area contributed by atoms with Crippen LogP contribution < -0.4 is 14.8 Å². The minimum absolute atomic E-state index is 0.536. The Balaban J connectivity index is 2.14. The maximum Gasteiger partial charge on any atom is 0.276 e. The van der Waals surface area contributed by atoms with E-state index in [2.05, 4.69) is 14.8 Å². The molecule has 0 aromatic carbocycles. The molecule has 1 heterocycles. The Morgan fingerprint density at radius 1 is 1.36 bits per heavy atom. The van der Waals surface area contributed by atoms with Crippen molar-refractivity contribution in [2.24, 2.45) is 5.92 Å². The average molecular weight is 221 g/mol. The molecule has 0 spiro atoms. The lowest BCUT2D eigenvalue weighted by Crippen LogP contribution is -2.36. The molecular formula is C8H19N3O2S. The molecule has 1 rings (SSSR count). The molecule has 1 fully saturated rings. The Kier molecular flexibility index (Phi) is 4.80. The second kappa shape index (κ2) is 5.65. The predicted molar refractivity (Wildman–Crippen MR) is 56.2 cm³/mol. The van der Waals surface area contributed by atoms with E-state index in [1.165, 1.54) is 7.05 Å². The summed E-state index contributed by atoms with van der Waals surface area (Å²) in [6.45, 7) is 2.65. The van der Waals surface area contributed by atoms with Gasteiger partial charge < -0.3 is 5.32 Å². The summed E-state index contributed by atoms with van der Waals surface area (Å²) < 4.78 is 26.7. The predicted octanol–water partition coefficient (Wildman–Crippen LogP) is -0.570. The largest absolute Gasteiger partial charge is 0.317 e. The number of rotatable bonds is 5. The lowest BCUT2D eigenvalue weighted by atomic mass is 9.95. The lowest BCUT2D eigenvalue weighted by molar-refractivity contribution is 0.354. The second-order valence-electron chi connectivity index (χ2n) is 3.58. The topological polar surface area (TPSA) is 70.2 Å². The molecule has 0 unspecified atom stereocenters. The summed E-state index contributed by atoms with van der Waals surface area (Å²) in [5.74, 6) is 0.663. The smallest absolute Gasteiger partial charge is 0.276 e. The highest BCUT2D eigenvalue weighted by molar-refractivity contribution is 7.87. The van der Waals surface area contributed by atoms with Gasteiger partial charge in [-0.3, -0.25) is 0 Å².